The van der Waals surface area contributed by atoms with Crippen LogP contribution in [0.25, 0.3) is 10.8 Å². The second-order valence-corrected chi connectivity index (χ2v) is 7.08. The van der Waals surface area contributed by atoms with Gasteiger partial charge in [0.2, 0.25) is 0 Å². The van der Waals surface area contributed by atoms with Gasteiger partial charge in [0.05, 0.1) is 29.1 Å². The zero-order valence-electron chi connectivity index (χ0n) is 16.3. The molecule has 0 aliphatic rings. The van der Waals surface area contributed by atoms with Crippen LogP contribution in [0.3, 0.4) is 0 Å². The van der Waals surface area contributed by atoms with Gasteiger partial charge < -0.3 is 20.5 Å². The van der Waals surface area contributed by atoms with Crippen molar-refractivity contribution < 1.29 is 9.84 Å². The molecule has 0 bridgehead atoms. The number of fused-ring (bicyclic) bond motifs is 1. The molecule has 0 spiro atoms. The van der Waals surface area contributed by atoms with E-state index in [0.717, 1.165) is 10.9 Å². The number of nitriles is 1. The zero-order valence-corrected chi connectivity index (χ0v) is 17.1. The predicted octanol–water partition coefficient (Wildman–Crippen LogP) is 3.16. The first-order valence-electron chi connectivity index (χ1n) is 9.12. The van der Waals surface area contributed by atoms with Gasteiger partial charge in [-0.05, 0) is 36.2 Å². The third-order valence-electron chi connectivity index (χ3n) is 4.76. The Bertz CT molecular complexity index is 1080. The lowest BCUT2D eigenvalue weighted by Crippen LogP contribution is -2.22. The number of nitrogens with zero attached hydrogens (tertiary/aromatic N) is 4. The maximum Gasteiger partial charge on any atom is 0.159 e. The third kappa shape index (κ3) is 4.19. The third-order valence-corrected chi connectivity index (χ3v) is 5.06. The van der Waals surface area contributed by atoms with Crippen LogP contribution in [0.2, 0.25) is 5.02 Å². The van der Waals surface area contributed by atoms with Crippen LogP contribution < -0.4 is 15.4 Å². The Labute approximate surface area is 174 Å². The van der Waals surface area contributed by atoms with Gasteiger partial charge in [0.1, 0.15) is 11.8 Å². The van der Waals surface area contributed by atoms with Crippen molar-refractivity contribution >= 4 is 33.9 Å². The van der Waals surface area contributed by atoms with Gasteiger partial charge in [-0.2, -0.15) is 10.4 Å². The molecule has 0 saturated heterocycles. The molecule has 0 aliphatic carbocycles. The fourth-order valence-electron chi connectivity index (χ4n) is 3.26. The molecule has 150 valence electrons. The van der Waals surface area contributed by atoms with E-state index in [9.17, 15) is 5.26 Å². The minimum absolute atomic E-state index is 0.0900. The van der Waals surface area contributed by atoms with E-state index in [4.69, 9.17) is 27.2 Å². The highest BCUT2D eigenvalue weighted by atomic mass is 35.5. The number of halogens is 1. The second-order valence-electron chi connectivity index (χ2n) is 6.68. The van der Waals surface area contributed by atoms with E-state index in [1.54, 1.807) is 19.2 Å². The Balaban J connectivity index is 2.12. The number of aliphatic hydroxyl groups is 1. The number of ether oxygens (including phenoxy) is 1. The summed E-state index contributed by atoms with van der Waals surface area (Å²) in [5.74, 6) is 1.25. The molecule has 3 rings (SSSR count). The molecule has 1 aromatic heterocycles. The fraction of sp³-hybridized carbons (Fsp3) is 0.286. The molecule has 29 heavy (non-hydrogen) atoms. The number of anilines is 2. The highest BCUT2D eigenvalue weighted by molar-refractivity contribution is 6.32. The summed E-state index contributed by atoms with van der Waals surface area (Å²) >= 11 is 6.25. The first-order valence-corrected chi connectivity index (χ1v) is 9.50. The predicted molar refractivity (Wildman–Crippen MR) is 114 cm³/mol. The minimum atomic E-state index is 0.0900. The highest BCUT2D eigenvalue weighted by Gasteiger charge is 2.17. The molecular formula is C21H22ClN5O2. The summed E-state index contributed by atoms with van der Waals surface area (Å²) in [6, 6.07) is 11.2. The lowest BCUT2D eigenvalue weighted by atomic mass is 10.00. The lowest BCUT2D eigenvalue weighted by Gasteiger charge is -2.20. The normalized spacial score (nSPS) is 10.7. The average molecular weight is 412 g/mol. The molecule has 0 amide bonds. The van der Waals surface area contributed by atoms with Crippen LogP contribution in [-0.2, 0) is 6.42 Å². The molecule has 7 nitrogen and oxygen atoms in total. The van der Waals surface area contributed by atoms with E-state index in [0.29, 0.717) is 58.3 Å². The summed E-state index contributed by atoms with van der Waals surface area (Å²) in [6.07, 6.45) is 1.06. The number of nitrogen functional groups attached to an aromatic ring is 1. The van der Waals surface area contributed by atoms with Gasteiger partial charge in [0, 0.05) is 37.4 Å². The van der Waals surface area contributed by atoms with Crippen LogP contribution >= 0.6 is 11.6 Å². The van der Waals surface area contributed by atoms with Crippen molar-refractivity contribution in [1.82, 2.24) is 10.2 Å². The number of nitrogens with two attached hydrogens (primary N) is 1. The summed E-state index contributed by atoms with van der Waals surface area (Å²) in [5.41, 5.74) is 8.69. The molecule has 0 atom stereocenters. The van der Waals surface area contributed by atoms with Crippen molar-refractivity contribution in [2.75, 3.05) is 37.9 Å². The van der Waals surface area contributed by atoms with Crippen LogP contribution in [0.4, 0.5) is 11.5 Å². The first-order chi connectivity index (χ1) is 14.0. The molecule has 3 aromatic rings. The molecule has 3 N–H and O–H groups in total. The Morgan fingerprint density at radius 1 is 1.28 bits per heavy atom. The van der Waals surface area contributed by atoms with Crippen LogP contribution in [0, 0.1) is 11.3 Å². The molecule has 1 heterocycles. The smallest absolute Gasteiger partial charge is 0.159 e. The summed E-state index contributed by atoms with van der Waals surface area (Å²) in [7, 11) is 3.45. The van der Waals surface area contributed by atoms with Gasteiger partial charge in [-0.3, -0.25) is 0 Å². The van der Waals surface area contributed by atoms with Crippen molar-refractivity contribution in [2.45, 2.75) is 12.8 Å². The van der Waals surface area contributed by atoms with Gasteiger partial charge in [-0.25, -0.2) is 0 Å². The number of rotatable bonds is 7. The van der Waals surface area contributed by atoms with Crippen molar-refractivity contribution in [3.8, 4) is 11.8 Å². The zero-order chi connectivity index (χ0) is 21.0. The molecule has 0 unspecified atom stereocenters. The quantitative estimate of drug-likeness (QED) is 0.575. The maximum atomic E-state index is 9.41. The van der Waals surface area contributed by atoms with Crippen molar-refractivity contribution in [3.05, 3.63) is 52.2 Å². The number of aliphatic hydroxyl groups excluding tert-OH is 1. The van der Waals surface area contributed by atoms with Crippen molar-refractivity contribution in [1.29, 1.82) is 5.26 Å². The van der Waals surface area contributed by atoms with Crippen LogP contribution in [0.15, 0.2) is 30.3 Å². The second kappa shape index (κ2) is 8.95. The van der Waals surface area contributed by atoms with E-state index in [-0.39, 0.29) is 6.61 Å². The molecule has 0 aliphatic heterocycles. The Morgan fingerprint density at radius 2 is 2.07 bits per heavy atom. The summed E-state index contributed by atoms with van der Waals surface area (Å²) in [5, 5.41) is 29.4. The van der Waals surface area contributed by atoms with Gasteiger partial charge in [-0.1, -0.05) is 17.7 Å². The molecule has 2 aromatic carbocycles. The van der Waals surface area contributed by atoms with Gasteiger partial charge >= 0.3 is 0 Å². The number of hydrogen-bond acceptors (Lipinski definition) is 7. The monoisotopic (exact) mass is 411 g/mol. The average Bonchev–Trinajstić information content (AvgIpc) is 2.72. The standard InChI is InChI=1S/C21H22ClN5O2/c1-27(8-3-9-28)21-15-6-5-14(12-23)20(24)19(15)17(25-26-21)11-13-4-7-18(29-2)16(22)10-13/h4-7,10,28H,3,8-9,11,24H2,1-2H3. The topological polar surface area (TPSA) is 108 Å². The Kier molecular flexibility index (Phi) is 6.37. The number of methoxy groups -OCH3 is 1. The summed E-state index contributed by atoms with van der Waals surface area (Å²) in [4.78, 5) is 1.92. The fourth-order valence-corrected chi connectivity index (χ4v) is 3.54. The number of hydrogen-bond donors (Lipinski definition) is 2. The first kappa shape index (κ1) is 20.6. The minimum Gasteiger partial charge on any atom is -0.495 e. The highest BCUT2D eigenvalue weighted by Crippen LogP contribution is 2.34. The Morgan fingerprint density at radius 3 is 2.72 bits per heavy atom. The largest absolute Gasteiger partial charge is 0.495 e. The summed E-state index contributed by atoms with van der Waals surface area (Å²) in [6.45, 7) is 0.709. The molecular weight excluding hydrogens is 390 g/mol. The van der Waals surface area contributed by atoms with Crippen LogP contribution in [-0.4, -0.2) is 42.6 Å². The SMILES string of the molecule is COc1ccc(Cc2nnc(N(C)CCCO)c3ccc(C#N)c(N)c23)cc1Cl. The maximum absolute atomic E-state index is 9.41. The van der Waals surface area contributed by atoms with Gasteiger partial charge in [-0.15, -0.1) is 5.10 Å². The van der Waals surface area contributed by atoms with E-state index in [1.165, 1.54) is 0 Å². The van der Waals surface area contributed by atoms with Crippen LogP contribution in [0.1, 0.15) is 23.2 Å². The van der Waals surface area contributed by atoms with Gasteiger partial charge in [0.15, 0.2) is 5.82 Å². The molecule has 8 heteroatoms. The van der Waals surface area contributed by atoms with Crippen molar-refractivity contribution in [2.24, 2.45) is 0 Å². The van der Waals surface area contributed by atoms with E-state index < -0.39 is 0 Å². The molecule has 0 fully saturated rings. The molecule has 0 saturated carbocycles. The van der Waals surface area contributed by atoms with E-state index in [2.05, 4.69) is 16.3 Å². The summed E-state index contributed by atoms with van der Waals surface area (Å²) < 4.78 is 5.20. The molecule has 0 radical (unpaired) electrons. The lowest BCUT2D eigenvalue weighted by molar-refractivity contribution is 0.290. The Hall–Kier alpha value is -3.08. The van der Waals surface area contributed by atoms with Gasteiger partial charge in [0.25, 0.3) is 0 Å². The number of benzene rings is 2. The number of aromatic nitrogens is 2. The van der Waals surface area contributed by atoms with Crippen LogP contribution in [0.5, 0.6) is 5.75 Å². The van der Waals surface area contributed by atoms with E-state index >= 15 is 0 Å². The van der Waals surface area contributed by atoms with E-state index in [1.807, 2.05) is 30.1 Å². The van der Waals surface area contributed by atoms with Crippen molar-refractivity contribution in [3.63, 3.8) is 0 Å².